The SMILES string of the molecule is NC(=O)c1ccc(-c2ccnc(NC3CCCCC3)c2)nc1N1CCN(C(=O)O)CC1. The fourth-order valence-electron chi connectivity index (χ4n) is 4.28. The maximum atomic E-state index is 12.0. The molecular formula is C22H28N6O3. The van der Waals surface area contributed by atoms with Crippen molar-refractivity contribution in [3.05, 3.63) is 36.0 Å². The molecule has 1 saturated carbocycles. The minimum atomic E-state index is -0.939. The van der Waals surface area contributed by atoms with E-state index in [9.17, 15) is 14.7 Å². The molecule has 4 rings (SSSR count). The van der Waals surface area contributed by atoms with Gasteiger partial charge in [-0.2, -0.15) is 0 Å². The second-order valence-corrected chi connectivity index (χ2v) is 8.10. The number of rotatable bonds is 5. The Hall–Kier alpha value is -3.36. The van der Waals surface area contributed by atoms with E-state index in [1.54, 1.807) is 18.3 Å². The summed E-state index contributed by atoms with van der Waals surface area (Å²) in [5.74, 6) is 0.763. The second-order valence-electron chi connectivity index (χ2n) is 8.10. The molecule has 1 saturated heterocycles. The highest BCUT2D eigenvalue weighted by Gasteiger charge is 2.25. The highest BCUT2D eigenvalue weighted by Crippen LogP contribution is 2.27. The Kier molecular flexibility index (Phi) is 6.20. The Morgan fingerprint density at radius 2 is 1.81 bits per heavy atom. The van der Waals surface area contributed by atoms with E-state index in [1.807, 2.05) is 17.0 Å². The zero-order chi connectivity index (χ0) is 21.8. The molecule has 0 aromatic carbocycles. The van der Waals surface area contributed by atoms with Crippen LogP contribution in [0.4, 0.5) is 16.4 Å². The summed E-state index contributed by atoms with van der Waals surface area (Å²) in [6, 6.07) is 7.80. The first-order valence-corrected chi connectivity index (χ1v) is 10.8. The molecule has 9 nitrogen and oxygen atoms in total. The average molecular weight is 425 g/mol. The first kappa shape index (κ1) is 20.9. The van der Waals surface area contributed by atoms with E-state index >= 15 is 0 Å². The van der Waals surface area contributed by atoms with Crippen LogP contribution in [0.25, 0.3) is 11.3 Å². The molecule has 0 radical (unpaired) electrons. The van der Waals surface area contributed by atoms with Crippen LogP contribution in [0.1, 0.15) is 42.5 Å². The Morgan fingerprint density at radius 1 is 1.06 bits per heavy atom. The van der Waals surface area contributed by atoms with Gasteiger partial charge in [-0.1, -0.05) is 19.3 Å². The average Bonchev–Trinajstić information content (AvgIpc) is 2.79. The van der Waals surface area contributed by atoms with Gasteiger partial charge in [-0.25, -0.2) is 14.8 Å². The highest BCUT2D eigenvalue weighted by atomic mass is 16.4. The quantitative estimate of drug-likeness (QED) is 0.674. The van der Waals surface area contributed by atoms with Crippen molar-refractivity contribution >= 4 is 23.6 Å². The molecule has 1 aliphatic carbocycles. The number of carboxylic acid groups (broad SMARTS) is 1. The van der Waals surface area contributed by atoms with E-state index in [0.29, 0.717) is 43.6 Å². The Bertz CT molecular complexity index is 952. The van der Waals surface area contributed by atoms with Crippen LogP contribution in [-0.4, -0.2) is 64.2 Å². The van der Waals surface area contributed by atoms with Crippen molar-refractivity contribution in [2.24, 2.45) is 5.73 Å². The number of primary amides is 1. The van der Waals surface area contributed by atoms with E-state index in [1.165, 1.54) is 24.2 Å². The van der Waals surface area contributed by atoms with Crippen LogP contribution in [0.3, 0.4) is 0 Å². The number of nitrogens with two attached hydrogens (primary N) is 1. The monoisotopic (exact) mass is 424 g/mol. The molecule has 1 aliphatic heterocycles. The molecule has 2 fully saturated rings. The molecular weight excluding hydrogens is 396 g/mol. The molecule has 164 valence electrons. The molecule has 9 heteroatoms. The number of amides is 2. The van der Waals surface area contributed by atoms with Gasteiger partial charge in [0.25, 0.3) is 5.91 Å². The molecule has 2 amide bonds. The number of pyridine rings is 2. The van der Waals surface area contributed by atoms with Gasteiger partial charge >= 0.3 is 6.09 Å². The second kappa shape index (κ2) is 9.20. The highest BCUT2D eigenvalue weighted by molar-refractivity contribution is 5.98. The summed E-state index contributed by atoms with van der Waals surface area (Å²) in [6.45, 7) is 1.61. The van der Waals surface area contributed by atoms with Crippen LogP contribution < -0.4 is 16.0 Å². The predicted molar refractivity (Wildman–Crippen MR) is 118 cm³/mol. The van der Waals surface area contributed by atoms with Gasteiger partial charge in [0.05, 0.1) is 11.3 Å². The van der Waals surface area contributed by atoms with Crippen molar-refractivity contribution in [2.45, 2.75) is 38.1 Å². The lowest BCUT2D eigenvalue weighted by Gasteiger charge is -2.34. The van der Waals surface area contributed by atoms with Gasteiger partial charge in [0.2, 0.25) is 0 Å². The largest absolute Gasteiger partial charge is 0.465 e. The normalized spacial score (nSPS) is 17.4. The molecule has 0 unspecified atom stereocenters. The summed E-state index contributed by atoms with van der Waals surface area (Å²) in [7, 11) is 0. The molecule has 0 spiro atoms. The molecule has 2 aromatic rings. The number of carbonyl (C=O) groups excluding carboxylic acids is 1. The number of nitrogens with zero attached hydrogens (tertiary/aromatic N) is 4. The molecule has 2 aromatic heterocycles. The van der Waals surface area contributed by atoms with E-state index in [0.717, 1.165) is 29.9 Å². The number of carbonyl (C=O) groups is 2. The first-order chi connectivity index (χ1) is 15.0. The summed E-state index contributed by atoms with van der Waals surface area (Å²) < 4.78 is 0. The number of anilines is 2. The van der Waals surface area contributed by atoms with Crippen molar-refractivity contribution in [2.75, 3.05) is 36.4 Å². The Labute approximate surface area is 181 Å². The third kappa shape index (κ3) is 4.87. The van der Waals surface area contributed by atoms with Gasteiger partial charge in [-0.15, -0.1) is 0 Å². The molecule has 0 atom stereocenters. The number of piperazine rings is 1. The van der Waals surface area contributed by atoms with Gasteiger partial charge in [0.15, 0.2) is 0 Å². The number of aromatic nitrogens is 2. The minimum absolute atomic E-state index is 0.335. The van der Waals surface area contributed by atoms with Crippen molar-refractivity contribution in [1.29, 1.82) is 0 Å². The maximum Gasteiger partial charge on any atom is 0.407 e. The van der Waals surface area contributed by atoms with Gasteiger partial charge < -0.3 is 26.0 Å². The summed E-state index contributed by atoms with van der Waals surface area (Å²) in [6.07, 6.45) is 6.92. The van der Waals surface area contributed by atoms with E-state index in [4.69, 9.17) is 10.7 Å². The third-order valence-corrected chi connectivity index (χ3v) is 6.00. The summed E-state index contributed by atoms with van der Waals surface area (Å²) in [5.41, 5.74) is 7.53. The van der Waals surface area contributed by atoms with Crippen molar-refractivity contribution in [3.8, 4) is 11.3 Å². The maximum absolute atomic E-state index is 12.0. The van der Waals surface area contributed by atoms with E-state index in [2.05, 4.69) is 10.3 Å². The molecule has 3 heterocycles. The van der Waals surface area contributed by atoms with Crippen molar-refractivity contribution in [3.63, 3.8) is 0 Å². The lowest BCUT2D eigenvalue weighted by atomic mass is 9.95. The Morgan fingerprint density at radius 3 is 2.48 bits per heavy atom. The van der Waals surface area contributed by atoms with Crippen LogP contribution in [0.15, 0.2) is 30.5 Å². The molecule has 4 N–H and O–H groups in total. The predicted octanol–water partition coefficient (Wildman–Crippen LogP) is 2.79. The fourth-order valence-corrected chi connectivity index (χ4v) is 4.28. The van der Waals surface area contributed by atoms with Crippen LogP contribution in [0.5, 0.6) is 0 Å². The van der Waals surface area contributed by atoms with Crippen LogP contribution in [0.2, 0.25) is 0 Å². The zero-order valence-electron chi connectivity index (χ0n) is 17.5. The first-order valence-electron chi connectivity index (χ1n) is 10.8. The smallest absolute Gasteiger partial charge is 0.407 e. The fraction of sp³-hybridized carbons (Fsp3) is 0.455. The van der Waals surface area contributed by atoms with Crippen LogP contribution in [-0.2, 0) is 0 Å². The van der Waals surface area contributed by atoms with Crippen molar-refractivity contribution in [1.82, 2.24) is 14.9 Å². The lowest BCUT2D eigenvalue weighted by molar-refractivity contribution is 0.0999. The number of hydrogen-bond acceptors (Lipinski definition) is 6. The molecule has 2 aliphatic rings. The van der Waals surface area contributed by atoms with Gasteiger partial charge in [-0.3, -0.25) is 4.79 Å². The standard InChI is InChI=1S/C22H28N6O3/c23-20(29)17-6-7-18(26-21(17)27-10-12-28(13-11-27)22(30)31)15-8-9-24-19(14-15)25-16-4-2-1-3-5-16/h6-9,14,16H,1-5,10-13H2,(H2,23,29)(H,24,25)(H,30,31). The van der Waals surface area contributed by atoms with E-state index < -0.39 is 12.0 Å². The minimum Gasteiger partial charge on any atom is -0.465 e. The van der Waals surface area contributed by atoms with Crippen LogP contribution >= 0.6 is 0 Å². The summed E-state index contributed by atoms with van der Waals surface area (Å²) in [4.78, 5) is 35.7. The van der Waals surface area contributed by atoms with Gasteiger partial charge in [-0.05, 0) is 37.1 Å². The third-order valence-electron chi connectivity index (χ3n) is 6.00. The topological polar surface area (TPSA) is 125 Å². The summed E-state index contributed by atoms with van der Waals surface area (Å²) >= 11 is 0. The van der Waals surface area contributed by atoms with E-state index in [-0.39, 0.29) is 0 Å². The Balaban J connectivity index is 1.58. The number of nitrogens with one attached hydrogen (secondary N) is 1. The molecule has 0 bridgehead atoms. The zero-order valence-corrected chi connectivity index (χ0v) is 17.5. The van der Waals surface area contributed by atoms with Crippen molar-refractivity contribution < 1.29 is 14.7 Å². The van der Waals surface area contributed by atoms with Gasteiger partial charge in [0.1, 0.15) is 11.6 Å². The lowest BCUT2D eigenvalue weighted by Crippen LogP contribution is -2.49. The number of hydrogen-bond donors (Lipinski definition) is 3. The van der Waals surface area contributed by atoms with Crippen LogP contribution in [0, 0.1) is 0 Å². The van der Waals surface area contributed by atoms with Gasteiger partial charge in [0, 0.05) is 44.0 Å². The summed E-state index contributed by atoms with van der Waals surface area (Å²) in [5, 5.41) is 12.7. The molecule has 31 heavy (non-hydrogen) atoms.